The summed E-state index contributed by atoms with van der Waals surface area (Å²) in [5.74, 6) is 0.699. The third-order valence-electron chi connectivity index (χ3n) is 5.73. The van der Waals surface area contributed by atoms with Crippen LogP contribution < -0.4 is 15.3 Å². The van der Waals surface area contributed by atoms with E-state index in [1.165, 1.54) is 0 Å². The number of ether oxygens (including phenoxy) is 1. The third-order valence-corrected chi connectivity index (χ3v) is 6.04. The Morgan fingerprint density at radius 1 is 1.07 bits per heavy atom. The number of aromatic nitrogens is 2. The Kier molecular flexibility index (Phi) is 5.88. The highest BCUT2D eigenvalue weighted by Gasteiger charge is 2.19. The molecular formula is C23H27ClN4O2. The summed E-state index contributed by atoms with van der Waals surface area (Å²) in [5, 5.41) is 0.624. The van der Waals surface area contributed by atoms with Crippen LogP contribution in [0.15, 0.2) is 53.8 Å². The van der Waals surface area contributed by atoms with Crippen molar-refractivity contribution in [1.82, 2.24) is 14.0 Å². The number of para-hydroxylation sites is 2. The van der Waals surface area contributed by atoms with Gasteiger partial charge in [-0.2, -0.15) is 0 Å². The lowest BCUT2D eigenvalue weighted by Gasteiger charge is -2.36. The number of nitrogens with zero attached hydrogens (tertiary/aromatic N) is 4. The van der Waals surface area contributed by atoms with Crippen LogP contribution in [0.25, 0.3) is 16.7 Å². The van der Waals surface area contributed by atoms with E-state index in [0.29, 0.717) is 17.3 Å². The van der Waals surface area contributed by atoms with Gasteiger partial charge in [-0.25, -0.2) is 4.79 Å². The number of allylic oxidation sites excluding steroid dienone is 1. The summed E-state index contributed by atoms with van der Waals surface area (Å²) in [6.45, 7) is 11.1. The predicted octanol–water partition coefficient (Wildman–Crippen LogP) is 3.78. The van der Waals surface area contributed by atoms with Crippen LogP contribution in [0.2, 0.25) is 5.02 Å². The van der Waals surface area contributed by atoms with E-state index in [0.717, 1.165) is 55.1 Å². The Bertz CT molecular complexity index is 1130. The van der Waals surface area contributed by atoms with Gasteiger partial charge in [-0.05, 0) is 31.2 Å². The molecule has 1 aliphatic heterocycles. The van der Waals surface area contributed by atoms with Gasteiger partial charge in [0.15, 0.2) is 0 Å². The molecule has 1 fully saturated rings. The van der Waals surface area contributed by atoms with Crippen LogP contribution in [0.5, 0.6) is 5.75 Å². The van der Waals surface area contributed by atoms with Crippen molar-refractivity contribution in [2.75, 3.05) is 44.7 Å². The summed E-state index contributed by atoms with van der Waals surface area (Å²) < 4.78 is 8.90. The van der Waals surface area contributed by atoms with Crippen molar-refractivity contribution in [3.8, 4) is 5.75 Å². The van der Waals surface area contributed by atoms with Crippen molar-refractivity contribution >= 4 is 34.0 Å². The molecule has 2 aromatic carbocycles. The number of piperazine rings is 1. The zero-order chi connectivity index (χ0) is 21.3. The topological polar surface area (TPSA) is 42.6 Å². The maximum absolute atomic E-state index is 12.9. The van der Waals surface area contributed by atoms with Crippen LogP contribution in [0.4, 0.5) is 5.69 Å². The minimum atomic E-state index is -0.0180. The number of methoxy groups -OCH3 is 1. The van der Waals surface area contributed by atoms with Gasteiger partial charge in [0.1, 0.15) is 5.75 Å². The molecule has 7 heteroatoms. The van der Waals surface area contributed by atoms with E-state index in [-0.39, 0.29) is 5.69 Å². The second-order valence-electron chi connectivity index (χ2n) is 7.64. The monoisotopic (exact) mass is 426 g/mol. The number of halogens is 1. The summed E-state index contributed by atoms with van der Waals surface area (Å²) in [5.41, 5.74) is 3.71. The highest BCUT2D eigenvalue weighted by Crippen LogP contribution is 2.29. The quantitative estimate of drug-likeness (QED) is 0.601. The summed E-state index contributed by atoms with van der Waals surface area (Å²) in [4.78, 5) is 17.7. The van der Waals surface area contributed by atoms with Crippen molar-refractivity contribution in [3.63, 3.8) is 0 Å². The van der Waals surface area contributed by atoms with Crippen LogP contribution in [-0.4, -0.2) is 53.9 Å². The smallest absolute Gasteiger partial charge is 0.333 e. The van der Waals surface area contributed by atoms with E-state index in [9.17, 15) is 4.79 Å². The summed E-state index contributed by atoms with van der Waals surface area (Å²) >= 11 is 6.15. The minimum Gasteiger partial charge on any atom is -0.495 e. The molecule has 0 atom stereocenters. The van der Waals surface area contributed by atoms with Crippen LogP contribution in [0.3, 0.4) is 0 Å². The Labute approximate surface area is 181 Å². The zero-order valence-electron chi connectivity index (χ0n) is 17.5. The van der Waals surface area contributed by atoms with Crippen LogP contribution in [0, 0.1) is 0 Å². The molecule has 0 saturated carbocycles. The molecule has 6 nitrogen and oxygen atoms in total. The molecule has 0 spiro atoms. The highest BCUT2D eigenvalue weighted by molar-refractivity contribution is 6.32. The SMILES string of the molecule is C=C(C)n1c(=O)n(CCN2CCN(c3ccc(Cl)c(OC)c3)CC2)c2ccccc21. The van der Waals surface area contributed by atoms with Crippen molar-refractivity contribution in [2.24, 2.45) is 0 Å². The number of rotatable bonds is 6. The predicted molar refractivity (Wildman–Crippen MR) is 124 cm³/mol. The average molecular weight is 427 g/mol. The van der Waals surface area contributed by atoms with Crippen molar-refractivity contribution in [1.29, 1.82) is 0 Å². The molecule has 0 radical (unpaired) electrons. The lowest BCUT2D eigenvalue weighted by atomic mass is 10.2. The summed E-state index contributed by atoms with van der Waals surface area (Å²) in [6.07, 6.45) is 0. The number of fused-ring (bicyclic) bond motifs is 1. The van der Waals surface area contributed by atoms with Gasteiger partial charge < -0.3 is 9.64 Å². The first kappa shape index (κ1) is 20.6. The van der Waals surface area contributed by atoms with E-state index in [1.54, 1.807) is 11.7 Å². The standard InChI is InChI=1S/C23H27ClN4O2/c1-17(2)28-21-7-5-4-6-20(21)27(23(28)29)15-12-25-10-13-26(14-11-25)18-8-9-19(24)22(16-18)30-3/h4-9,16H,1,10-15H2,2-3H3. The van der Waals surface area contributed by atoms with Gasteiger partial charge in [-0.3, -0.25) is 14.0 Å². The number of anilines is 1. The highest BCUT2D eigenvalue weighted by atomic mass is 35.5. The third kappa shape index (κ3) is 3.85. The molecule has 0 unspecified atom stereocenters. The van der Waals surface area contributed by atoms with Gasteiger partial charge >= 0.3 is 5.69 Å². The molecule has 2 heterocycles. The molecule has 1 aromatic heterocycles. The zero-order valence-corrected chi connectivity index (χ0v) is 18.2. The van der Waals surface area contributed by atoms with E-state index in [2.05, 4.69) is 16.4 Å². The lowest BCUT2D eigenvalue weighted by Crippen LogP contribution is -2.47. The number of hydrogen-bond donors (Lipinski definition) is 0. The summed E-state index contributed by atoms with van der Waals surface area (Å²) in [6, 6.07) is 13.8. The molecule has 0 aliphatic carbocycles. The molecule has 0 amide bonds. The molecule has 4 rings (SSSR count). The molecular weight excluding hydrogens is 400 g/mol. The maximum atomic E-state index is 12.9. The normalized spacial score (nSPS) is 15.0. The van der Waals surface area contributed by atoms with Crippen molar-refractivity contribution < 1.29 is 4.74 Å². The lowest BCUT2D eigenvalue weighted by molar-refractivity contribution is 0.248. The van der Waals surface area contributed by atoms with E-state index in [4.69, 9.17) is 16.3 Å². The molecule has 1 aliphatic rings. The fraction of sp³-hybridized carbons (Fsp3) is 0.348. The first-order valence-corrected chi connectivity index (χ1v) is 10.5. The summed E-state index contributed by atoms with van der Waals surface area (Å²) in [7, 11) is 1.63. The van der Waals surface area contributed by atoms with Gasteiger partial charge in [0.2, 0.25) is 0 Å². The van der Waals surface area contributed by atoms with Gasteiger partial charge in [-0.15, -0.1) is 0 Å². The Balaban J connectivity index is 1.43. The number of benzene rings is 2. The van der Waals surface area contributed by atoms with Crippen molar-refractivity contribution in [2.45, 2.75) is 13.5 Å². The van der Waals surface area contributed by atoms with E-state index >= 15 is 0 Å². The first-order valence-electron chi connectivity index (χ1n) is 10.2. The van der Waals surface area contributed by atoms with Gasteiger partial charge in [0.25, 0.3) is 0 Å². The Morgan fingerprint density at radius 2 is 1.77 bits per heavy atom. The minimum absolute atomic E-state index is 0.0180. The second kappa shape index (κ2) is 8.58. The Hall–Kier alpha value is -2.70. The van der Waals surface area contributed by atoms with Gasteiger partial charge in [-0.1, -0.05) is 30.3 Å². The van der Waals surface area contributed by atoms with Crippen LogP contribution >= 0.6 is 11.6 Å². The first-order chi connectivity index (χ1) is 14.5. The van der Waals surface area contributed by atoms with Gasteiger partial charge in [0.05, 0.1) is 23.2 Å². The number of hydrogen-bond acceptors (Lipinski definition) is 4. The molecule has 0 bridgehead atoms. The van der Waals surface area contributed by atoms with E-state index < -0.39 is 0 Å². The average Bonchev–Trinajstić information content (AvgIpc) is 3.04. The fourth-order valence-electron chi connectivity index (χ4n) is 4.11. The molecule has 0 N–H and O–H groups in total. The number of imidazole rings is 1. The van der Waals surface area contributed by atoms with Crippen LogP contribution in [-0.2, 0) is 6.54 Å². The molecule has 30 heavy (non-hydrogen) atoms. The maximum Gasteiger partial charge on any atom is 0.333 e. The molecule has 158 valence electrons. The molecule has 1 saturated heterocycles. The Morgan fingerprint density at radius 3 is 2.43 bits per heavy atom. The van der Waals surface area contributed by atoms with Crippen LogP contribution in [0.1, 0.15) is 6.92 Å². The van der Waals surface area contributed by atoms with Gasteiger partial charge in [0, 0.05) is 56.7 Å². The van der Waals surface area contributed by atoms with Crippen molar-refractivity contribution in [3.05, 3.63) is 64.6 Å². The van der Waals surface area contributed by atoms with E-state index in [1.807, 2.05) is 54.0 Å². The molecule has 3 aromatic rings. The largest absolute Gasteiger partial charge is 0.495 e. The fourth-order valence-corrected chi connectivity index (χ4v) is 4.30. The second-order valence-corrected chi connectivity index (χ2v) is 8.05.